The summed E-state index contributed by atoms with van der Waals surface area (Å²) in [4.78, 5) is 21.1. The van der Waals surface area contributed by atoms with Gasteiger partial charge < -0.3 is 14.9 Å². The van der Waals surface area contributed by atoms with E-state index in [9.17, 15) is 9.67 Å². The van der Waals surface area contributed by atoms with Gasteiger partial charge in [-0.3, -0.25) is 9.55 Å². The molecule has 0 aromatic carbocycles. The Labute approximate surface area is 80.9 Å². The largest absolute Gasteiger partial charge is 0.382 e. The van der Waals surface area contributed by atoms with Crippen molar-refractivity contribution in [1.82, 2.24) is 4.98 Å². The van der Waals surface area contributed by atoms with Gasteiger partial charge in [-0.25, -0.2) is 0 Å². The van der Waals surface area contributed by atoms with E-state index in [1.54, 1.807) is 12.1 Å². The van der Waals surface area contributed by atoms with E-state index in [1.807, 2.05) is 0 Å². The van der Waals surface area contributed by atoms with Crippen LogP contribution in [0.1, 0.15) is 11.8 Å². The molecule has 1 radical (unpaired) electrons. The molecule has 6 heteroatoms. The molecule has 3 N–H and O–H groups in total. The van der Waals surface area contributed by atoms with Crippen LogP contribution in [0.5, 0.6) is 0 Å². The highest BCUT2D eigenvalue weighted by atomic mass is 31.2. The Kier molecular flexibility index (Phi) is 3.18. The van der Waals surface area contributed by atoms with E-state index in [4.69, 9.17) is 16.4 Å². The van der Waals surface area contributed by atoms with Crippen molar-refractivity contribution < 1.29 is 19.5 Å². The van der Waals surface area contributed by atoms with Crippen molar-refractivity contribution in [3.8, 4) is 0 Å². The highest BCUT2D eigenvalue weighted by molar-refractivity contribution is 7.56. The third-order valence-corrected chi connectivity index (χ3v) is 2.50. The van der Waals surface area contributed by atoms with Crippen molar-refractivity contribution in [1.29, 1.82) is 0 Å². The second-order valence-corrected chi connectivity index (χ2v) is 4.23. The number of aromatic nitrogens is 1. The second-order valence-electron chi connectivity index (χ2n) is 2.63. The molecule has 0 bridgehead atoms. The van der Waals surface area contributed by atoms with E-state index in [-0.39, 0.29) is 5.69 Å². The van der Waals surface area contributed by atoms with Crippen LogP contribution >= 0.6 is 7.60 Å². The molecule has 0 saturated carbocycles. The van der Waals surface area contributed by atoms with Crippen LogP contribution in [-0.4, -0.2) is 19.9 Å². The van der Waals surface area contributed by atoms with Crippen molar-refractivity contribution in [2.75, 3.05) is 0 Å². The first-order valence-corrected chi connectivity index (χ1v) is 5.31. The maximum absolute atomic E-state index is 10.7. The zero-order valence-corrected chi connectivity index (χ0v) is 8.00. The van der Waals surface area contributed by atoms with Gasteiger partial charge in [0.15, 0.2) is 0 Å². The lowest BCUT2D eigenvalue weighted by molar-refractivity contribution is 0.212. The average Bonchev–Trinajstić information content (AvgIpc) is 2.15. The fourth-order valence-corrected chi connectivity index (χ4v) is 1.30. The monoisotopic (exact) mass is 214 g/mol. The average molecular weight is 214 g/mol. The summed E-state index contributed by atoms with van der Waals surface area (Å²) in [6.07, 6.45) is -0.150. The number of hydrogen-bond donors (Lipinski definition) is 3. The Morgan fingerprint density at radius 3 is 2.57 bits per heavy atom. The Morgan fingerprint density at radius 2 is 2.14 bits per heavy atom. The Hall–Kier alpha value is -1.00. The molecule has 1 rings (SSSR count). The summed E-state index contributed by atoms with van der Waals surface area (Å²) >= 11 is 0. The highest BCUT2D eigenvalue weighted by Crippen LogP contribution is 2.49. The van der Waals surface area contributed by atoms with Gasteiger partial charge in [-0.15, -0.1) is 0 Å². The summed E-state index contributed by atoms with van der Waals surface area (Å²) in [5.74, 6) is 0. The molecule has 1 atom stereocenters. The molecule has 1 aromatic rings. The Balaban J connectivity index is 2.93. The van der Waals surface area contributed by atoms with Crippen molar-refractivity contribution in [2.45, 2.75) is 6.10 Å². The minimum Gasteiger partial charge on any atom is -0.382 e. The Bertz CT molecular complexity index is 372. The molecule has 0 aliphatic rings. The molecule has 0 saturated heterocycles. The minimum atomic E-state index is -4.57. The van der Waals surface area contributed by atoms with E-state index < -0.39 is 19.0 Å². The lowest BCUT2D eigenvalue weighted by Gasteiger charge is -2.13. The summed E-state index contributed by atoms with van der Waals surface area (Å²) in [5, 5.41) is 8.61. The number of rotatable bonds is 3. The van der Waals surface area contributed by atoms with E-state index in [0.29, 0.717) is 0 Å². The number of pyridine rings is 1. The summed E-state index contributed by atoms with van der Waals surface area (Å²) in [7, 11) is -4.57. The molecular formula is C8H9NO4P. The van der Waals surface area contributed by atoms with Crippen LogP contribution in [0, 0.1) is 6.58 Å². The molecule has 1 unspecified atom stereocenters. The van der Waals surface area contributed by atoms with Gasteiger partial charge in [-0.05, 0) is 18.7 Å². The molecular weight excluding hydrogens is 205 g/mol. The van der Waals surface area contributed by atoms with Crippen LogP contribution < -0.4 is 0 Å². The second kappa shape index (κ2) is 4.02. The maximum atomic E-state index is 10.7. The summed E-state index contributed by atoms with van der Waals surface area (Å²) < 4.78 is 10.7. The van der Waals surface area contributed by atoms with E-state index in [0.717, 1.165) is 0 Å². The predicted octanol–water partition coefficient (Wildman–Crippen LogP) is 0.610. The van der Waals surface area contributed by atoms with E-state index >= 15 is 0 Å². The lowest BCUT2D eigenvalue weighted by atomic mass is 10.2. The van der Waals surface area contributed by atoms with Crippen molar-refractivity contribution >= 4 is 7.60 Å². The van der Waals surface area contributed by atoms with Crippen LogP contribution in [0.15, 0.2) is 29.7 Å². The van der Waals surface area contributed by atoms with E-state index in [2.05, 4.69) is 4.98 Å². The van der Waals surface area contributed by atoms with Crippen molar-refractivity contribution in [3.05, 3.63) is 42.0 Å². The summed E-state index contributed by atoms with van der Waals surface area (Å²) in [6, 6.07) is 4.62. The zero-order valence-electron chi connectivity index (χ0n) is 7.11. The molecule has 0 fully saturated rings. The number of aliphatic hydroxyl groups is 1. The SMILES string of the molecule is [CH]=C(C(O)c1ccccn1)P(=O)(O)O. The maximum Gasteiger partial charge on any atom is 0.355 e. The highest BCUT2D eigenvalue weighted by Gasteiger charge is 2.27. The van der Waals surface area contributed by atoms with Crippen molar-refractivity contribution in [3.63, 3.8) is 0 Å². The number of hydrogen-bond acceptors (Lipinski definition) is 3. The first-order chi connectivity index (χ1) is 6.43. The van der Waals surface area contributed by atoms with Crippen LogP contribution in [-0.2, 0) is 4.57 Å². The van der Waals surface area contributed by atoms with Crippen molar-refractivity contribution in [2.24, 2.45) is 0 Å². The summed E-state index contributed by atoms with van der Waals surface area (Å²) in [6.45, 7) is 5.09. The van der Waals surface area contributed by atoms with Gasteiger partial charge in [0.05, 0.1) is 11.0 Å². The normalized spacial score (nSPS) is 13.6. The Morgan fingerprint density at radius 1 is 1.50 bits per heavy atom. The zero-order chi connectivity index (χ0) is 10.8. The molecule has 0 amide bonds. The van der Waals surface area contributed by atoms with Crippen LogP contribution in [0.3, 0.4) is 0 Å². The topological polar surface area (TPSA) is 90.7 Å². The molecule has 0 aliphatic heterocycles. The van der Waals surface area contributed by atoms with Gasteiger partial charge in [0.2, 0.25) is 0 Å². The van der Waals surface area contributed by atoms with Gasteiger partial charge in [0.1, 0.15) is 6.10 Å². The fraction of sp³-hybridized carbons (Fsp3) is 0.125. The predicted molar refractivity (Wildman–Crippen MR) is 49.1 cm³/mol. The summed E-state index contributed by atoms with van der Waals surface area (Å²) in [5.41, 5.74) is 0.105. The van der Waals surface area contributed by atoms with Gasteiger partial charge in [0, 0.05) is 6.20 Å². The number of aliphatic hydroxyl groups excluding tert-OH is 1. The third kappa shape index (κ3) is 2.49. The molecule has 0 spiro atoms. The van der Waals surface area contributed by atoms with E-state index in [1.165, 1.54) is 12.3 Å². The molecule has 0 aliphatic carbocycles. The quantitative estimate of drug-likeness (QED) is 0.641. The van der Waals surface area contributed by atoms with Gasteiger partial charge in [-0.1, -0.05) is 6.07 Å². The fourth-order valence-electron chi connectivity index (χ4n) is 0.849. The van der Waals surface area contributed by atoms with Gasteiger partial charge >= 0.3 is 7.60 Å². The smallest absolute Gasteiger partial charge is 0.355 e. The third-order valence-electron chi connectivity index (χ3n) is 1.58. The lowest BCUT2D eigenvalue weighted by Crippen LogP contribution is -2.03. The van der Waals surface area contributed by atoms with Crippen LogP contribution in [0.25, 0.3) is 0 Å². The molecule has 1 heterocycles. The molecule has 14 heavy (non-hydrogen) atoms. The first-order valence-electron chi connectivity index (χ1n) is 3.70. The first kappa shape index (κ1) is 11.1. The van der Waals surface area contributed by atoms with Crippen LogP contribution in [0.2, 0.25) is 0 Å². The van der Waals surface area contributed by atoms with Gasteiger partial charge in [-0.2, -0.15) is 0 Å². The molecule has 75 valence electrons. The number of nitrogens with zero attached hydrogens (tertiary/aromatic N) is 1. The standard InChI is InChI=1S/C8H9NO4P/c1-6(14(11,12)13)8(10)7-4-2-3-5-9-7/h1-5,8,10H,(H2,11,12,13). The van der Waals surface area contributed by atoms with Gasteiger partial charge in [0.25, 0.3) is 0 Å². The molecule has 5 nitrogen and oxygen atoms in total. The minimum absolute atomic E-state index is 0.105. The molecule has 1 aromatic heterocycles. The van der Waals surface area contributed by atoms with Crippen LogP contribution in [0.4, 0.5) is 0 Å².